The van der Waals surface area contributed by atoms with Gasteiger partial charge in [-0.1, -0.05) is 80.5 Å². The molecular weight excluding hydrogens is 955 g/mol. The van der Waals surface area contributed by atoms with Crippen molar-refractivity contribution in [1.82, 2.24) is 0 Å². The van der Waals surface area contributed by atoms with Gasteiger partial charge in [0.05, 0.1) is 0 Å². The van der Waals surface area contributed by atoms with E-state index in [1.807, 2.05) is 0 Å². The molecule has 0 radical (unpaired) electrons. The number of hydrogen-bond acceptors (Lipinski definition) is 0. The summed E-state index contributed by atoms with van der Waals surface area (Å²) in [7, 11) is 0.839. The van der Waals surface area contributed by atoms with Crippen LogP contribution >= 0.6 is 23.8 Å². The quantitative estimate of drug-likeness (QED) is 0.0917. The van der Waals surface area contributed by atoms with Gasteiger partial charge in [-0.2, -0.15) is 87.3 Å². The molecule has 6 aromatic rings. The van der Waals surface area contributed by atoms with Crippen molar-refractivity contribution in [3.63, 3.8) is 0 Å². The minimum atomic E-state index is 0. The van der Waals surface area contributed by atoms with Gasteiger partial charge in [-0.25, -0.2) is 0 Å². The third-order valence-corrected chi connectivity index (χ3v) is 10.6. The molecule has 0 fully saturated rings. The summed E-state index contributed by atoms with van der Waals surface area (Å²) in [5.74, 6) is 0. The molecule has 0 heterocycles. The Morgan fingerprint density at radius 3 is 0.717 bits per heavy atom. The van der Waals surface area contributed by atoms with Crippen LogP contribution in [0.3, 0.4) is 0 Å². The van der Waals surface area contributed by atoms with Crippen LogP contribution in [0.5, 0.6) is 0 Å². The Kier molecular flexibility index (Phi) is 47.1. The molecule has 0 nitrogen and oxygen atoms in total. The third kappa shape index (κ3) is 40.3. The van der Waals surface area contributed by atoms with Gasteiger partial charge in [0.25, 0.3) is 0 Å². The van der Waals surface area contributed by atoms with Crippen LogP contribution in [0.15, 0.2) is 127 Å². The van der Waals surface area contributed by atoms with Gasteiger partial charge in [0.2, 0.25) is 0 Å². The third-order valence-electron chi connectivity index (χ3n) is 7.85. The van der Waals surface area contributed by atoms with Gasteiger partial charge in [-0.15, -0.1) is 113 Å². The van der Waals surface area contributed by atoms with Crippen molar-refractivity contribution >= 4 is 56.1 Å². The van der Waals surface area contributed by atoms with Crippen LogP contribution in [-0.2, 0) is 65.2 Å². The molecule has 0 atom stereocenters. The zero-order chi connectivity index (χ0) is 40.8. The van der Waals surface area contributed by atoms with Gasteiger partial charge in [-0.05, 0) is 40.0 Å². The Bertz CT molecular complexity index is 1490. The molecule has 0 aromatic heterocycles. The molecule has 0 saturated heterocycles. The Hall–Kier alpha value is 0.793. The second-order valence-corrected chi connectivity index (χ2v) is 25.5. The molecule has 9 heteroatoms. The molecule has 0 unspecified atom stereocenters. The molecule has 0 spiro atoms. The molecule has 0 N–H and O–H groups in total. The van der Waals surface area contributed by atoms with Crippen LogP contribution in [0.2, 0.25) is 0 Å². The minimum Gasteiger partial charge on any atom is -1.00 e. The van der Waals surface area contributed by atoms with Crippen LogP contribution < -0.4 is 37.2 Å². The second-order valence-electron chi connectivity index (χ2n) is 18.0. The van der Waals surface area contributed by atoms with Gasteiger partial charge in [0.15, 0.2) is 0 Å². The molecule has 60 heavy (non-hydrogen) atoms. The second kappa shape index (κ2) is 39.0. The van der Waals surface area contributed by atoms with Crippen molar-refractivity contribution in [2.45, 2.75) is 62.3 Å². The topological polar surface area (TPSA) is 0 Å². The first-order chi connectivity index (χ1) is 25.1. The Morgan fingerprint density at radius 1 is 0.367 bits per heavy atom. The normalized spacial score (nSPS) is 10.3. The van der Waals surface area contributed by atoms with E-state index in [1.54, 1.807) is 0 Å². The molecule has 0 bridgehead atoms. The van der Waals surface area contributed by atoms with E-state index in [0.29, 0.717) is 16.2 Å². The smallest absolute Gasteiger partial charge is 1.00 e. The van der Waals surface area contributed by atoms with Gasteiger partial charge in [0.1, 0.15) is 0 Å². The fourth-order valence-electron chi connectivity index (χ4n) is 4.58. The SMILES string of the molecule is CP(C)C[CH-]C(C)(C)C.CP(C)C[CH-]C(C)(C)C.CP(C)C[CH-]C(C)(C)C.[Cl-].[Cl-].[Cl-].[Ti+2].[Ti+2].[Ti+2].c1ccc2[cH-]ccc2c1.c1ccc2[cH-]ccc2c1.c1ccc2[cH-]ccc2c1. The zero-order valence-electron chi connectivity index (χ0n) is 39.5. The largest absolute Gasteiger partial charge is 2.00 e. The summed E-state index contributed by atoms with van der Waals surface area (Å²) in [6.07, 6.45) is 11.2. The molecule has 0 aliphatic heterocycles. The maximum Gasteiger partial charge on any atom is 2.00 e. The molecule has 0 aliphatic rings. The summed E-state index contributed by atoms with van der Waals surface area (Å²) < 4.78 is 0. The van der Waals surface area contributed by atoms with E-state index < -0.39 is 0 Å². The summed E-state index contributed by atoms with van der Waals surface area (Å²) in [6.45, 7) is 34.2. The number of fused-ring (bicyclic) bond motifs is 3. The molecule has 6 aromatic carbocycles. The predicted molar refractivity (Wildman–Crippen MR) is 261 cm³/mol. The van der Waals surface area contributed by atoms with Crippen molar-refractivity contribution < 1.29 is 102 Å². The van der Waals surface area contributed by atoms with Gasteiger partial charge in [-0.3, -0.25) is 0 Å². The number of rotatable bonds is 6. The molecule has 0 aliphatic carbocycles. The van der Waals surface area contributed by atoms with Crippen LogP contribution in [-0.4, -0.2) is 58.5 Å². The van der Waals surface area contributed by atoms with Crippen molar-refractivity contribution in [2.24, 2.45) is 16.2 Å². The van der Waals surface area contributed by atoms with Crippen molar-refractivity contribution in [3.05, 3.63) is 147 Å². The van der Waals surface area contributed by atoms with E-state index in [1.165, 1.54) is 50.8 Å². The van der Waals surface area contributed by atoms with Crippen molar-refractivity contribution in [1.29, 1.82) is 0 Å². The molecule has 0 saturated carbocycles. The molecule has 330 valence electrons. The van der Waals surface area contributed by atoms with Gasteiger partial charge >= 0.3 is 65.2 Å². The van der Waals surface area contributed by atoms with E-state index >= 15 is 0 Å². The number of benzene rings is 3. The van der Waals surface area contributed by atoms with E-state index in [0.717, 1.165) is 0 Å². The Balaban J connectivity index is -0.000000143. The van der Waals surface area contributed by atoms with E-state index in [9.17, 15) is 0 Å². The molecule has 0 amide bonds. The predicted octanol–water partition coefficient (Wildman–Crippen LogP) is 7.62. The van der Waals surface area contributed by atoms with Crippen LogP contribution in [0, 0.1) is 35.5 Å². The van der Waals surface area contributed by atoms with E-state index in [4.69, 9.17) is 0 Å². The Morgan fingerprint density at radius 2 is 0.567 bits per heavy atom. The monoisotopic (exact) mass is 1030 g/mol. The first-order valence-electron chi connectivity index (χ1n) is 19.4. The zero-order valence-corrected chi connectivity index (χ0v) is 49.1. The fourth-order valence-corrected chi connectivity index (χ4v) is 7.32. The van der Waals surface area contributed by atoms with Crippen molar-refractivity contribution in [2.75, 3.05) is 58.5 Å². The fraction of sp³-hybridized carbons (Fsp3) is 0.412. The number of hydrogen-bond donors (Lipinski definition) is 0. The molecular formula is C51H75Cl3P3Ti3-3. The maximum absolute atomic E-state index is 2.42. The van der Waals surface area contributed by atoms with Crippen LogP contribution in [0.1, 0.15) is 62.3 Å². The van der Waals surface area contributed by atoms with E-state index in [2.05, 4.69) is 249 Å². The first kappa shape index (κ1) is 72.4. The summed E-state index contributed by atoms with van der Waals surface area (Å²) in [5.41, 5.74) is 1.27. The average molecular weight is 1030 g/mol. The van der Waals surface area contributed by atoms with Crippen LogP contribution in [0.25, 0.3) is 32.3 Å². The van der Waals surface area contributed by atoms with Gasteiger partial charge in [0, 0.05) is 0 Å². The van der Waals surface area contributed by atoms with Crippen LogP contribution in [0.4, 0.5) is 0 Å². The van der Waals surface area contributed by atoms with Gasteiger partial charge < -0.3 is 56.5 Å². The number of halogens is 3. The minimum absolute atomic E-state index is 0. The van der Waals surface area contributed by atoms with E-state index in [-0.39, 0.29) is 126 Å². The average Bonchev–Trinajstić information content (AvgIpc) is 3.87. The summed E-state index contributed by atoms with van der Waals surface area (Å²) in [4.78, 5) is 0. The molecule has 6 rings (SSSR count). The Labute approximate surface area is 437 Å². The summed E-state index contributed by atoms with van der Waals surface area (Å²) >= 11 is 0. The van der Waals surface area contributed by atoms with Crippen molar-refractivity contribution in [3.8, 4) is 0 Å². The summed E-state index contributed by atoms with van der Waals surface area (Å²) in [6, 6.07) is 44.0. The maximum atomic E-state index is 2.42. The first-order valence-corrected chi connectivity index (χ1v) is 26.7. The standard InChI is InChI=1S/3C9H7.3C8H18P.3ClH.3Ti/c3*1-2-5-9-7-3-6-8(9)4-1;3*1-8(2,3)6-7-9(4)5;;;;;;/h3*1-7H;3*6H,7H2,1-5H3;3*1H;;;/q6*-1;;;;3*+2/p-3. The summed E-state index contributed by atoms with van der Waals surface area (Å²) in [5, 5.41) is 7.99.